The van der Waals surface area contributed by atoms with Gasteiger partial charge in [0.2, 0.25) is 0 Å². The van der Waals surface area contributed by atoms with Gasteiger partial charge in [-0.15, -0.1) is 0 Å². The number of hydrogen-bond donors (Lipinski definition) is 0. The number of anilines is 1. The van der Waals surface area contributed by atoms with E-state index < -0.39 is 23.5 Å². The number of esters is 1. The third-order valence-electron chi connectivity index (χ3n) is 6.23. The molecule has 0 N–H and O–H groups in total. The van der Waals surface area contributed by atoms with Crippen molar-refractivity contribution >= 4 is 17.8 Å². The molecule has 0 radical (unpaired) electrons. The average Bonchev–Trinajstić information content (AvgIpc) is 3.18. The van der Waals surface area contributed by atoms with Crippen LogP contribution in [0.4, 0.5) is 28.2 Å². The number of carbonyl (C=O) groups is 2. The van der Waals surface area contributed by atoms with Crippen LogP contribution in [0.25, 0.3) is 0 Å². The first-order valence-electron chi connectivity index (χ1n) is 10.9. The zero-order valence-corrected chi connectivity index (χ0v) is 18.5. The molecule has 1 aromatic carbocycles. The van der Waals surface area contributed by atoms with Crippen molar-refractivity contribution in [3.63, 3.8) is 0 Å². The lowest BCUT2D eigenvalue weighted by Gasteiger charge is -2.37. The van der Waals surface area contributed by atoms with Crippen LogP contribution >= 0.6 is 0 Å². The van der Waals surface area contributed by atoms with Gasteiger partial charge in [-0.25, -0.2) is 19.0 Å². The Morgan fingerprint density at radius 2 is 1.79 bits per heavy atom. The van der Waals surface area contributed by atoms with Gasteiger partial charge in [-0.2, -0.15) is 13.2 Å². The lowest BCUT2D eigenvalue weighted by atomic mass is 10.0. The molecule has 182 valence electrons. The average molecular weight is 480 g/mol. The Hall–Kier alpha value is -3.37. The van der Waals surface area contributed by atoms with Crippen LogP contribution in [0.5, 0.6) is 0 Å². The van der Waals surface area contributed by atoms with Gasteiger partial charge in [-0.1, -0.05) is 12.1 Å². The third-order valence-corrected chi connectivity index (χ3v) is 6.23. The van der Waals surface area contributed by atoms with Crippen molar-refractivity contribution < 1.29 is 31.9 Å². The van der Waals surface area contributed by atoms with Crippen LogP contribution < -0.4 is 4.90 Å². The second-order valence-corrected chi connectivity index (χ2v) is 8.33. The topological polar surface area (TPSA) is 66.0 Å². The van der Waals surface area contributed by atoms with Crippen LogP contribution in [0, 0.1) is 5.82 Å². The maximum absolute atomic E-state index is 14.3. The van der Waals surface area contributed by atoms with Gasteiger partial charge < -0.3 is 19.4 Å². The SMILES string of the molecule is COC(=O)c1ccc(CN2CCN(C3CCN(c4ncc(C(F)(F)F)cc4F)CC3)C2=O)cc1. The Morgan fingerprint density at radius 1 is 1.12 bits per heavy atom. The number of rotatable bonds is 5. The summed E-state index contributed by atoms with van der Waals surface area (Å²) in [5.74, 6) is -1.53. The zero-order chi connectivity index (χ0) is 24.5. The first kappa shape index (κ1) is 23.8. The van der Waals surface area contributed by atoms with Crippen LogP contribution in [-0.4, -0.2) is 66.1 Å². The van der Waals surface area contributed by atoms with Crippen LogP contribution in [0.15, 0.2) is 36.5 Å². The van der Waals surface area contributed by atoms with Gasteiger partial charge in [-0.3, -0.25) is 0 Å². The molecule has 0 aliphatic carbocycles. The maximum atomic E-state index is 14.3. The van der Waals surface area contributed by atoms with Crippen molar-refractivity contribution in [1.82, 2.24) is 14.8 Å². The molecular weight excluding hydrogens is 456 g/mol. The molecule has 0 atom stereocenters. The molecule has 2 fully saturated rings. The van der Waals surface area contributed by atoms with Crippen molar-refractivity contribution in [3.05, 3.63) is 59.0 Å². The third kappa shape index (κ3) is 4.92. The van der Waals surface area contributed by atoms with Gasteiger partial charge in [0.15, 0.2) is 11.6 Å². The number of alkyl halides is 3. The Balaban J connectivity index is 1.33. The Bertz CT molecular complexity index is 1050. The fourth-order valence-electron chi connectivity index (χ4n) is 4.38. The number of ether oxygens (including phenoxy) is 1. The van der Waals surface area contributed by atoms with Gasteiger partial charge >= 0.3 is 18.2 Å². The molecule has 34 heavy (non-hydrogen) atoms. The van der Waals surface area contributed by atoms with Crippen molar-refractivity contribution in [2.24, 2.45) is 0 Å². The van der Waals surface area contributed by atoms with E-state index in [1.165, 1.54) is 7.11 Å². The first-order valence-corrected chi connectivity index (χ1v) is 10.9. The summed E-state index contributed by atoms with van der Waals surface area (Å²) in [6.07, 6.45) is -2.88. The number of aromatic nitrogens is 1. The molecule has 2 saturated heterocycles. The van der Waals surface area contributed by atoms with E-state index >= 15 is 0 Å². The smallest absolute Gasteiger partial charge is 0.417 e. The lowest BCUT2D eigenvalue weighted by molar-refractivity contribution is -0.138. The number of pyridine rings is 1. The highest BCUT2D eigenvalue weighted by atomic mass is 19.4. The van der Waals surface area contributed by atoms with Crippen LogP contribution in [0.1, 0.15) is 34.3 Å². The number of benzene rings is 1. The van der Waals surface area contributed by atoms with Gasteiger partial charge in [0.25, 0.3) is 0 Å². The van der Waals surface area contributed by atoms with Crippen LogP contribution in [0.2, 0.25) is 0 Å². The van der Waals surface area contributed by atoms with Gasteiger partial charge in [0.1, 0.15) is 0 Å². The molecule has 11 heteroatoms. The normalized spacial score (nSPS) is 17.4. The van der Waals surface area contributed by atoms with E-state index in [1.807, 2.05) is 0 Å². The van der Waals surface area contributed by atoms with Crippen molar-refractivity contribution in [2.75, 3.05) is 38.2 Å². The molecule has 4 rings (SSSR count). The molecule has 0 unspecified atom stereocenters. The lowest BCUT2D eigenvalue weighted by Crippen LogP contribution is -2.47. The summed E-state index contributed by atoms with van der Waals surface area (Å²) >= 11 is 0. The van der Waals surface area contributed by atoms with Gasteiger partial charge in [0.05, 0.1) is 18.2 Å². The second kappa shape index (κ2) is 9.47. The molecule has 2 aliphatic rings. The first-order chi connectivity index (χ1) is 16.2. The van der Waals surface area contributed by atoms with E-state index in [9.17, 15) is 27.2 Å². The summed E-state index contributed by atoms with van der Waals surface area (Å²) in [5, 5.41) is 0. The van der Waals surface area contributed by atoms with Crippen LogP contribution in [-0.2, 0) is 17.5 Å². The van der Waals surface area contributed by atoms with Crippen molar-refractivity contribution in [3.8, 4) is 0 Å². The van der Waals surface area contributed by atoms with E-state index in [1.54, 1.807) is 39.0 Å². The molecule has 2 aromatic rings. The molecule has 2 amide bonds. The minimum Gasteiger partial charge on any atom is -0.465 e. The van der Waals surface area contributed by atoms with Gasteiger partial charge in [0, 0.05) is 45.0 Å². The monoisotopic (exact) mass is 480 g/mol. The summed E-state index contributed by atoms with van der Waals surface area (Å²) in [6.45, 7) is 2.32. The van der Waals surface area contributed by atoms with Crippen LogP contribution in [0.3, 0.4) is 0 Å². The number of nitrogens with zero attached hydrogens (tertiary/aromatic N) is 4. The Kier molecular flexibility index (Phi) is 6.63. The number of hydrogen-bond acceptors (Lipinski definition) is 5. The summed E-state index contributed by atoms with van der Waals surface area (Å²) < 4.78 is 57.2. The summed E-state index contributed by atoms with van der Waals surface area (Å²) in [7, 11) is 1.31. The molecule has 1 aromatic heterocycles. The zero-order valence-electron chi connectivity index (χ0n) is 18.5. The predicted octanol–water partition coefficient (Wildman–Crippen LogP) is 3.93. The molecule has 0 spiro atoms. The molecule has 7 nitrogen and oxygen atoms in total. The fraction of sp³-hybridized carbons (Fsp3) is 0.435. The molecule has 0 saturated carbocycles. The summed E-state index contributed by atoms with van der Waals surface area (Å²) in [6, 6.07) is 7.22. The Labute approximate surface area is 193 Å². The number of halogens is 4. The quantitative estimate of drug-likeness (QED) is 0.479. The molecule has 2 aliphatic heterocycles. The summed E-state index contributed by atoms with van der Waals surface area (Å²) in [4.78, 5) is 33.4. The molecule has 0 bridgehead atoms. The highest BCUT2D eigenvalue weighted by Crippen LogP contribution is 2.32. The van der Waals surface area contributed by atoms with E-state index in [4.69, 9.17) is 0 Å². The minimum atomic E-state index is -4.65. The van der Waals surface area contributed by atoms with Gasteiger partial charge in [-0.05, 0) is 36.6 Å². The number of piperidine rings is 1. The number of urea groups is 1. The highest BCUT2D eigenvalue weighted by molar-refractivity contribution is 5.89. The van der Waals surface area contributed by atoms with E-state index in [2.05, 4.69) is 9.72 Å². The van der Waals surface area contributed by atoms with Crippen molar-refractivity contribution in [1.29, 1.82) is 0 Å². The number of carbonyl (C=O) groups excluding carboxylic acids is 2. The Morgan fingerprint density at radius 3 is 2.38 bits per heavy atom. The fourth-order valence-corrected chi connectivity index (χ4v) is 4.38. The minimum absolute atomic E-state index is 0.0343. The largest absolute Gasteiger partial charge is 0.465 e. The second-order valence-electron chi connectivity index (χ2n) is 8.33. The highest BCUT2D eigenvalue weighted by Gasteiger charge is 2.36. The molecule has 3 heterocycles. The predicted molar refractivity (Wildman–Crippen MR) is 115 cm³/mol. The van der Waals surface area contributed by atoms with E-state index in [-0.39, 0.29) is 17.9 Å². The number of amides is 2. The molecular formula is C23H24F4N4O3. The van der Waals surface area contributed by atoms with Crippen molar-refractivity contribution in [2.45, 2.75) is 31.6 Å². The summed E-state index contributed by atoms with van der Waals surface area (Å²) in [5.41, 5.74) is 0.208. The maximum Gasteiger partial charge on any atom is 0.417 e. The standard InChI is InChI=1S/C23H24F4N4O3/c1-34-21(32)16-4-2-15(3-5-16)14-30-10-11-31(22(30)33)18-6-8-29(9-7-18)20-19(24)12-17(13-28-20)23(25,26)27/h2-5,12-13,18H,6-11,14H2,1H3. The van der Waals surface area contributed by atoms with E-state index in [0.29, 0.717) is 63.4 Å². The number of methoxy groups -OCH3 is 1. The van der Waals surface area contributed by atoms with E-state index in [0.717, 1.165) is 5.56 Å².